The highest BCUT2D eigenvalue weighted by Crippen LogP contribution is 2.35. The summed E-state index contributed by atoms with van der Waals surface area (Å²) in [6.07, 6.45) is -0.847. The first-order valence-corrected chi connectivity index (χ1v) is 5.86. The summed E-state index contributed by atoms with van der Waals surface area (Å²) in [5.74, 6) is 1.52. The molecule has 1 amide bonds. The van der Waals surface area contributed by atoms with Crippen molar-refractivity contribution in [3.63, 3.8) is 0 Å². The van der Waals surface area contributed by atoms with E-state index >= 15 is 0 Å². The SMILES string of the molecule is O=C(O)N1CCN(c2ccc3c(c2)OCO3)CC1. The normalized spacial score (nSPS) is 18.0. The number of hydrogen-bond donors (Lipinski definition) is 1. The fraction of sp³-hybridized carbons (Fsp3) is 0.417. The van der Waals surface area contributed by atoms with Crippen LogP contribution in [0.1, 0.15) is 0 Å². The number of rotatable bonds is 1. The van der Waals surface area contributed by atoms with Crippen molar-refractivity contribution >= 4 is 11.8 Å². The molecule has 6 nitrogen and oxygen atoms in total. The molecule has 0 radical (unpaired) electrons. The average molecular weight is 250 g/mol. The lowest BCUT2D eigenvalue weighted by molar-refractivity contribution is 0.142. The van der Waals surface area contributed by atoms with Gasteiger partial charge in [-0.2, -0.15) is 0 Å². The van der Waals surface area contributed by atoms with Crippen LogP contribution in [0.15, 0.2) is 18.2 Å². The molecule has 0 unspecified atom stereocenters. The molecule has 1 saturated heterocycles. The zero-order valence-corrected chi connectivity index (χ0v) is 9.83. The molecule has 2 aliphatic heterocycles. The lowest BCUT2D eigenvalue weighted by Crippen LogP contribution is -2.48. The highest BCUT2D eigenvalue weighted by Gasteiger charge is 2.22. The van der Waals surface area contributed by atoms with Crippen molar-refractivity contribution in [3.05, 3.63) is 18.2 Å². The molecule has 2 aliphatic rings. The van der Waals surface area contributed by atoms with Crippen LogP contribution in [0.5, 0.6) is 11.5 Å². The molecule has 0 atom stereocenters. The summed E-state index contributed by atoms with van der Waals surface area (Å²) in [5, 5.41) is 8.89. The first-order chi connectivity index (χ1) is 8.74. The van der Waals surface area contributed by atoms with Crippen molar-refractivity contribution in [2.24, 2.45) is 0 Å². The zero-order valence-electron chi connectivity index (χ0n) is 9.83. The maximum absolute atomic E-state index is 10.8. The molecule has 1 aromatic rings. The van der Waals surface area contributed by atoms with Crippen LogP contribution >= 0.6 is 0 Å². The Balaban J connectivity index is 1.71. The van der Waals surface area contributed by atoms with Gasteiger partial charge in [0.1, 0.15) is 0 Å². The smallest absolute Gasteiger partial charge is 0.407 e. The van der Waals surface area contributed by atoms with Gasteiger partial charge in [0.25, 0.3) is 0 Å². The van der Waals surface area contributed by atoms with E-state index in [0.717, 1.165) is 17.2 Å². The fourth-order valence-electron chi connectivity index (χ4n) is 2.24. The third kappa shape index (κ3) is 1.90. The molecule has 18 heavy (non-hydrogen) atoms. The molecular weight excluding hydrogens is 236 g/mol. The van der Waals surface area contributed by atoms with Gasteiger partial charge in [0, 0.05) is 37.9 Å². The van der Waals surface area contributed by atoms with Crippen LogP contribution in [0.2, 0.25) is 0 Å². The number of piperazine rings is 1. The molecule has 6 heteroatoms. The summed E-state index contributed by atoms with van der Waals surface area (Å²) in [6, 6.07) is 5.81. The van der Waals surface area contributed by atoms with Crippen molar-refractivity contribution < 1.29 is 19.4 Å². The van der Waals surface area contributed by atoms with Crippen LogP contribution in [0.4, 0.5) is 10.5 Å². The molecule has 2 heterocycles. The first-order valence-electron chi connectivity index (χ1n) is 5.86. The van der Waals surface area contributed by atoms with Crippen molar-refractivity contribution in [1.29, 1.82) is 0 Å². The predicted octanol–water partition coefficient (Wildman–Crippen LogP) is 1.22. The van der Waals surface area contributed by atoms with Gasteiger partial charge >= 0.3 is 6.09 Å². The number of nitrogens with zero attached hydrogens (tertiary/aromatic N) is 2. The van der Waals surface area contributed by atoms with Crippen LogP contribution < -0.4 is 14.4 Å². The number of ether oxygens (including phenoxy) is 2. The van der Waals surface area contributed by atoms with E-state index in [0.29, 0.717) is 26.2 Å². The zero-order chi connectivity index (χ0) is 12.5. The number of benzene rings is 1. The molecule has 1 fully saturated rings. The molecule has 0 aromatic heterocycles. The molecule has 3 rings (SSSR count). The standard InChI is InChI=1S/C12H14N2O4/c15-12(16)14-5-3-13(4-6-14)9-1-2-10-11(7-9)18-8-17-10/h1-2,7H,3-6,8H2,(H,15,16). The average Bonchev–Trinajstić information content (AvgIpc) is 2.86. The number of anilines is 1. The summed E-state index contributed by atoms with van der Waals surface area (Å²) in [4.78, 5) is 14.4. The van der Waals surface area contributed by atoms with Crippen LogP contribution in [-0.4, -0.2) is 49.1 Å². The summed E-state index contributed by atoms with van der Waals surface area (Å²) < 4.78 is 10.6. The second kappa shape index (κ2) is 4.29. The van der Waals surface area contributed by atoms with E-state index in [9.17, 15) is 4.79 Å². The minimum absolute atomic E-state index is 0.269. The number of carboxylic acid groups (broad SMARTS) is 1. The molecule has 96 valence electrons. The Hall–Kier alpha value is -2.11. The molecule has 0 aliphatic carbocycles. The van der Waals surface area contributed by atoms with Crippen LogP contribution in [0, 0.1) is 0 Å². The Morgan fingerprint density at radius 3 is 2.56 bits per heavy atom. The lowest BCUT2D eigenvalue weighted by atomic mass is 10.2. The van der Waals surface area contributed by atoms with Gasteiger partial charge in [-0.05, 0) is 12.1 Å². The largest absolute Gasteiger partial charge is 0.465 e. The second-order valence-electron chi connectivity index (χ2n) is 4.29. The number of hydrogen-bond acceptors (Lipinski definition) is 4. The van der Waals surface area contributed by atoms with Gasteiger partial charge in [0.15, 0.2) is 11.5 Å². The van der Waals surface area contributed by atoms with Gasteiger partial charge in [-0.15, -0.1) is 0 Å². The van der Waals surface area contributed by atoms with E-state index in [1.165, 1.54) is 4.90 Å². The molecule has 0 bridgehead atoms. The highest BCUT2D eigenvalue weighted by atomic mass is 16.7. The summed E-state index contributed by atoms with van der Waals surface area (Å²) >= 11 is 0. The van der Waals surface area contributed by atoms with E-state index in [-0.39, 0.29) is 6.79 Å². The molecular formula is C12H14N2O4. The lowest BCUT2D eigenvalue weighted by Gasteiger charge is -2.34. The predicted molar refractivity (Wildman–Crippen MR) is 64.4 cm³/mol. The van der Waals surface area contributed by atoms with Crippen LogP contribution in [0.25, 0.3) is 0 Å². The quantitative estimate of drug-likeness (QED) is 0.811. The number of carbonyl (C=O) groups is 1. The topological polar surface area (TPSA) is 62.2 Å². The van der Waals surface area contributed by atoms with Gasteiger partial charge < -0.3 is 24.4 Å². The Labute approximate surface area is 104 Å². The van der Waals surface area contributed by atoms with Crippen molar-refractivity contribution in [2.45, 2.75) is 0 Å². The molecule has 1 aromatic carbocycles. The summed E-state index contributed by atoms with van der Waals surface area (Å²) in [5.41, 5.74) is 1.05. The van der Waals surface area contributed by atoms with E-state index in [2.05, 4.69) is 4.90 Å². The minimum atomic E-state index is -0.847. The van der Waals surface area contributed by atoms with Gasteiger partial charge in [-0.1, -0.05) is 0 Å². The first kappa shape index (κ1) is 11.0. The van der Waals surface area contributed by atoms with Crippen LogP contribution in [-0.2, 0) is 0 Å². The fourth-order valence-corrected chi connectivity index (χ4v) is 2.24. The van der Waals surface area contributed by atoms with E-state index in [1.807, 2.05) is 18.2 Å². The molecule has 0 spiro atoms. The van der Waals surface area contributed by atoms with Gasteiger partial charge in [0.05, 0.1) is 0 Å². The Kier molecular flexibility index (Phi) is 2.62. The molecule has 1 N–H and O–H groups in total. The Bertz CT molecular complexity index is 469. The summed E-state index contributed by atoms with van der Waals surface area (Å²) in [6.45, 7) is 2.73. The maximum atomic E-state index is 10.8. The molecule has 0 saturated carbocycles. The van der Waals surface area contributed by atoms with Crippen molar-refractivity contribution in [2.75, 3.05) is 37.9 Å². The Morgan fingerprint density at radius 1 is 1.11 bits per heavy atom. The van der Waals surface area contributed by atoms with Crippen molar-refractivity contribution in [1.82, 2.24) is 4.90 Å². The maximum Gasteiger partial charge on any atom is 0.407 e. The van der Waals surface area contributed by atoms with Crippen LogP contribution in [0.3, 0.4) is 0 Å². The van der Waals surface area contributed by atoms with E-state index in [4.69, 9.17) is 14.6 Å². The van der Waals surface area contributed by atoms with E-state index in [1.54, 1.807) is 0 Å². The van der Waals surface area contributed by atoms with Crippen molar-refractivity contribution in [3.8, 4) is 11.5 Å². The third-order valence-electron chi connectivity index (χ3n) is 3.27. The Morgan fingerprint density at radius 2 is 1.83 bits per heavy atom. The van der Waals surface area contributed by atoms with E-state index < -0.39 is 6.09 Å². The monoisotopic (exact) mass is 250 g/mol. The van der Waals surface area contributed by atoms with Gasteiger partial charge in [-0.3, -0.25) is 0 Å². The third-order valence-corrected chi connectivity index (χ3v) is 3.27. The minimum Gasteiger partial charge on any atom is -0.465 e. The number of amides is 1. The second-order valence-corrected chi connectivity index (χ2v) is 4.29. The van der Waals surface area contributed by atoms with Gasteiger partial charge in [0.2, 0.25) is 6.79 Å². The van der Waals surface area contributed by atoms with Gasteiger partial charge in [-0.25, -0.2) is 4.79 Å². The summed E-state index contributed by atoms with van der Waals surface area (Å²) in [7, 11) is 0. The highest BCUT2D eigenvalue weighted by molar-refractivity contribution is 5.66. The number of fused-ring (bicyclic) bond motifs is 1.